The first kappa shape index (κ1) is 21.5. The average molecular weight is 482 g/mol. The van der Waals surface area contributed by atoms with E-state index in [4.69, 9.17) is 4.42 Å². The van der Waals surface area contributed by atoms with Crippen LogP contribution in [0.1, 0.15) is 59.0 Å². The lowest BCUT2D eigenvalue weighted by Gasteiger charge is -2.23. The quantitative estimate of drug-likeness (QED) is 0.473. The molecule has 31 heavy (non-hydrogen) atoms. The van der Waals surface area contributed by atoms with Crippen LogP contribution in [0.25, 0.3) is 0 Å². The molecule has 4 rings (SSSR count). The van der Waals surface area contributed by atoms with Gasteiger partial charge in [0.25, 0.3) is 5.91 Å². The van der Waals surface area contributed by atoms with Gasteiger partial charge in [0.05, 0.1) is 24.9 Å². The number of amides is 1. The number of nitrogens with zero attached hydrogens (tertiary/aromatic N) is 1. The predicted octanol–water partition coefficient (Wildman–Crippen LogP) is 5.48. The number of fused-ring (bicyclic) bond motifs is 1. The van der Waals surface area contributed by atoms with E-state index >= 15 is 0 Å². The molecule has 2 aromatic carbocycles. The standard InChI is InChI=1S/C25H24BrNO4/c1-15(2)17-7-6-16(3)18(11-17)14-27-21-9-8-19(26)12-20(21)25(30,24(27)29)13-22(28)23-5-4-10-31-23/h4-12,15,30H,13-14H2,1-3H3/t25-/m0/s1. The van der Waals surface area contributed by atoms with E-state index in [0.717, 1.165) is 15.6 Å². The highest BCUT2D eigenvalue weighted by Gasteiger charge is 2.51. The van der Waals surface area contributed by atoms with Crippen LogP contribution in [0.3, 0.4) is 0 Å². The molecule has 2 heterocycles. The van der Waals surface area contributed by atoms with Crippen molar-refractivity contribution in [1.82, 2.24) is 0 Å². The Morgan fingerprint density at radius 1 is 1.19 bits per heavy atom. The van der Waals surface area contributed by atoms with Crippen LogP contribution < -0.4 is 4.90 Å². The molecule has 1 atom stereocenters. The maximum atomic E-state index is 13.5. The van der Waals surface area contributed by atoms with Gasteiger partial charge in [0, 0.05) is 10.0 Å². The molecule has 0 bridgehead atoms. The first-order valence-corrected chi connectivity index (χ1v) is 11.0. The highest BCUT2D eigenvalue weighted by Crippen LogP contribution is 2.45. The van der Waals surface area contributed by atoms with Gasteiger partial charge in [0.1, 0.15) is 0 Å². The molecule has 1 aliphatic rings. The average Bonchev–Trinajstić information content (AvgIpc) is 3.33. The fourth-order valence-corrected chi connectivity index (χ4v) is 4.36. The Kier molecular flexibility index (Phi) is 5.62. The summed E-state index contributed by atoms with van der Waals surface area (Å²) in [6.45, 7) is 6.58. The summed E-state index contributed by atoms with van der Waals surface area (Å²) < 4.78 is 5.90. The van der Waals surface area contributed by atoms with Crippen molar-refractivity contribution in [3.8, 4) is 0 Å². The summed E-state index contributed by atoms with van der Waals surface area (Å²) in [6, 6.07) is 14.7. The molecule has 1 N–H and O–H groups in total. The third-order valence-corrected chi connectivity index (χ3v) is 6.37. The van der Waals surface area contributed by atoms with Crippen molar-refractivity contribution in [1.29, 1.82) is 0 Å². The van der Waals surface area contributed by atoms with Gasteiger partial charge >= 0.3 is 0 Å². The molecule has 0 radical (unpaired) electrons. The third-order valence-electron chi connectivity index (χ3n) is 5.87. The Morgan fingerprint density at radius 3 is 2.65 bits per heavy atom. The minimum atomic E-state index is -1.95. The number of benzene rings is 2. The molecule has 0 saturated carbocycles. The van der Waals surface area contributed by atoms with E-state index in [-0.39, 0.29) is 12.2 Å². The molecular formula is C25H24BrNO4. The van der Waals surface area contributed by atoms with Crippen LogP contribution in [0.2, 0.25) is 0 Å². The van der Waals surface area contributed by atoms with Gasteiger partial charge in [-0.2, -0.15) is 0 Å². The molecule has 1 aromatic heterocycles. The highest BCUT2D eigenvalue weighted by atomic mass is 79.9. The summed E-state index contributed by atoms with van der Waals surface area (Å²) in [5.74, 6) is -0.446. The van der Waals surface area contributed by atoms with Crippen molar-refractivity contribution >= 4 is 33.3 Å². The van der Waals surface area contributed by atoms with E-state index in [1.165, 1.54) is 17.9 Å². The molecule has 5 nitrogen and oxygen atoms in total. The zero-order valence-corrected chi connectivity index (χ0v) is 19.3. The van der Waals surface area contributed by atoms with Gasteiger partial charge in [0.15, 0.2) is 11.4 Å². The summed E-state index contributed by atoms with van der Waals surface area (Å²) in [4.78, 5) is 27.8. The number of anilines is 1. The monoisotopic (exact) mass is 481 g/mol. The number of rotatable bonds is 6. The smallest absolute Gasteiger partial charge is 0.264 e. The normalized spacial score (nSPS) is 18.0. The van der Waals surface area contributed by atoms with Crippen molar-refractivity contribution in [2.75, 3.05) is 4.90 Å². The van der Waals surface area contributed by atoms with Crippen LogP contribution >= 0.6 is 15.9 Å². The Hall–Kier alpha value is -2.70. The minimum Gasteiger partial charge on any atom is -0.461 e. The van der Waals surface area contributed by atoms with Crippen LogP contribution in [0.15, 0.2) is 63.7 Å². The van der Waals surface area contributed by atoms with E-state index in [9.17, 15) is 14.7 Å². The lowest BCUT2D eigenvalue weighted by molar-refractivity contribution is -0.136. The number of halogens is 1. The fraction of sp³-hybridized carbons (Fsp3) is 0.280. The minimum absolute atomic E-state index is 0.122. The predicted molar refractivity (Wildman–Crippen MR) is 122 cm³/mol. The first-order valence-electron chi connectivity index (χ1n) is 10.2. The Balaban J connectivity index is 1.73. The largest absolute Gasteiger partial charge is 0.461 e. The molecule has 160 valence electrons. The Bertz CT molecular complexity index is 1150. The molecule has 6 heteroatoms. The summed E-state index contributed by atoms with van der Waals surface area (Å²) in [5.41, 5.74) is 2.34. The van der Waals surface area contributed by atoms with Crippen LogP contribution in [0.5, 0.6) is 0 Å². The van der Waals surface area contributed by atoms with E-state index in [0.29, 0.717) is 23.7 Å². The van der Waals surface area contributed by atoms with Crippen molar-refractivity contribution in [2.24, 2.45) is 0 Å². The van der Waals surface area contributed by atoms with E-state index < -0.39 is 17.3 Å². The second-order valence-electron chi connectivity index (χ2n) is 8.33. The second kappa shape index (κ2) is 8.09. The molecule has 0 unspecified atom stereocenters. The second-order valence-corrected chi connectivity index (χ2v) is 9.25. The number of aryl methyl sites for hydroxylation is 1. The van der Waals surface area contributed by atoms with Crippen LogP contribution in [0.4, 0.5) is 5.69 Å². The highest BCUT2D eigenvalue weighted by molar-refractivity contribution is 9.10. The van der Waals surface area contributed by atoms with Crippen molar-refractivity contribution in [2.45, 2.75) is 45.3 Å². The number of hydrogen-bond donors (Lipinski definition) is 1. The summed E-state index contributed by atoms with van der Waals surface area (Å²) in [6.07, 6.45) is 1.01. The van der Waals surface area contributed by atoms with Gasteiger partial charge in [-0.3, -0.25) is 9.59 Å². The molecular weight excluding hydrogens is 458 g/mol. The molecule has 0 spiro atoms. The van der Waals surface area contributed by atoms with Crippen LogP contribution in [0, 0.1) is 6.92 Å². The maximum absolute atomic E-state index is 13.5. The number of Topliss-reactive ketones (excluding diaryl/α,β-unsaturated/α-hetero) is 1. The Labute approximate surface area is 189 Å². The van der Waals surface area contributed by atoms with Crippen LogP contribution in [-0.4, -0.2) is 16.8 Å². The van der Waals surface area contributed by atoms with Crippen molar-refractivity contribution in [3.05, 3.63) is 87.3 Å². The molecule has 3 aromatic rings. The summed E-state index contributed by atoms with van der Waals surface area (Å²) in [5, 5.41) is 11.5. The Morgan fingerprint density at radius 2 is 1.97 bits per heavy atom. The van der Waals surface area contributed by atoms with Gasteiger partial charge < -0.3 is 14.4 Å². The van der Waals surface area contributed by atoms with Crippen molar-refractivity contribution in [3.63, 3.8) is 0 Å². The van der Waals surface area contributed by atoms with Crippen LogP contribution in [-0.2, 0) is 16.9 Å². The topological polar surface area (TPSA) is 70.8 Å². The lowest BCUT2D eigenvalue weighted by atomic mass is 9.89. The summed E-state index contributed by atoms with van der Waals surface area (Å²) in [7, 11) is 0. The number of carbonyl (C=O) groups is 2. The zero-order valence-electron chi connectivity index (χ0n) is 17.7. The number of hydrogen-bond acceptors (Lipinski definition) is 4. The first-order chi connectivity index (χ1) is 14.7. The van der Waals surface area contributed by atoms with Gasteiger partial charge in [-0.1, -0.05) is 48.0 Å². The SMILES string of the molecule is Cc1ccc(C(C)C)cc1CN1C(=O)[C@](O)(CC(=O)c2ccco2)c2cc(Br)ccc21. The van der Waals surface area contributed by atoms with Gasteiger partial charge in [0.2, 0.25) is 5.78 Å². The number of ketones is 1. The molecule has 0 fully saturated rings. The van der Waals surface area contributed by atoms with Crippen molar-refractivity contribution < 1.29 is 19.1 Å². The van der Waals surface area contributed by atoms with E-state index in [2.05, 4.69) is 48.0 Å². The van der Waals surface area contributed by atoms with Gasteiger partial charge in [-0.05, 0) is 59.9 Å². The zero-order chi connectivity index (χ0) is 22.3. The fourth-order valence-electron chi connectivity index (χ4n) is 4.00. The van der Waals surface area contributed by atoms with Gasteiger partial charge in [-0.25, -0.2) is 0 Å². The number of aliphatic hydroxyl groups is 1. The lowest BCUT2D eigenvalue weighted by Crippen LogP contribution is -2.41. The molecule has 1 aliphatic heterocycles. The maximum Gasteiger partial charge on any atom is 0.264 e. The molecule has 0 saturated heterocycles. The van der Waals surface area contributed by atoms with Gasteiger partial charge in [-0.15, -0.1) is 0 Å². The number of carbonyl (C=O) groups excluding carboxylic acids is 2. The summed E-state index contributed by atoms with van der Waals surface area (Å²) >= 11 is 3.42. The van der Waals surface area contributed by atoms with E-state index in [1.54, 1.807) is 23.1 Å². The molecule has 1 amide bonds. The van der Waals surface area contributed by atoms with E-state index in [1.807, 2.05) is 13.0 Å². The third kappa shape index (κ3) is 3.86. The number of furan rings is 1. The molecule has 0 aliphatic carbocycles.